The van der Waals surface area contributed by atoms with Crippen LogP contribution < -0.4 is 0 Å². The lowest BCUT2D eigenvalue weighted by Gasteiger charge is -2.25. The number of likely N-dealkylation sites (N-methyl/N-ethyl adjacent to an activating group) is 2. The molecule has 0 saturated carbocycles. The Hall–Kier alpha value is -0.0800. The van der Waals surface area contributed by atoms with Crippen molar-refractivity contribution in [1.82, 2.24) is 9.80 Å². The molecule has 2 heteroatoms. The Kier molecular flexibility index (Phi) is 6.39. The molecule has 0 radical (unpaired) electrons. The molecule has 0 aromatic heterocycles. The van der Waals surface area contributed by atoms with E-state index in [4.69, 9.17) is 0 Å². The molecule has 12 heavy (non-hydrogen) atoms. The van der Waals surface area contributed by atoms with E-state index in [1.165, 1.54) is 19.5 Å². The van der Waals surface area contributed by atoms with Crippen LogP contribution in [0.1, 0.15) is 27.2 Å². The molecule has 0 spiro atoms. The minimum Gasteiger partial charge on any atom is -0.305 e. The van der Waals surface area contributed by atoms with Gasteiger partial charge in [-0.3, -0.25) is 0 Å². The Morgan fingerprint density at radius 1 is 1.08 bits per heavy atom. The molecule has 0 N–H and O–H groups in total. The third-order valence-electron chi connectivity index (χ3n) is 2.72. The van der Waals surface area contributed by atoms with Gasteiger partial charge in [-0.1, -0.05) is 13.8 Å². The minimum atomic E-state index is 0.718. The van der Waals surface area contributed by atoms with Crippen molar-refractivity contribution in [3.05, 3.63) is 0 Å². The Balaban J connectivity index is 3.49. The zero-order valence-electron chi connectivity index (χ0n) is 9.30. The van der Waals surface area contributed by atoms with Crippen molar-refractivity contribution in [3.63, 3.8) is 0 Å². The van der Waals surface area contributed by atoms with Crippen LogP contribution in [-0.4, -0.2) is 49.6 Å². The van der Waals surface area contributed by atoms with E-state index < -0.39 is 0 Å². The maximum Gasteiger partial charge on any atom is 0.0109 e. The van der Waals surface area contributed by atoms with Gasteiger partial charge in [-0.05, 0) is 34.0 Å². The second-order valence-corrected chi connectivity index (χ2v) is 3.63. The second-order valence-electron chi connectivity index (χ2n) is 3.63. The van der Waals surface area contributed by atoms with E-state index >= 15 is 0 Å². The van der Waals surface area contributed by atoms with Crippen molar-refractivity contribution in [2.24, 2.45) is 0 Å². The Bertz CT molecular complexity index is 104. The molecule has 74 valence electrons. The zero-order valence-corrected chi connectivity index (χ0v) is 9.30. The maximum absolute atomic E-state index is 2.42. The molecule has 0 aliphatic heterocycles. The third-order valence-corrected chi connectivity index (χ3v) is 2.72. The number of nitrogens with zero attached hydrogens (tertiary/aromatic N) is 2. The second kappa shape index (κ2) is 6.44. The summed E-state index contributed by atoms with van der Waals surface area (Å²) in [4.78, 5) is 4.77. The topological polar surface area (TPSA) is 6.48 Å². The number of hydrogen-bond donors (Lipinski definition) is 0. The predicted molar refractivity (Wildman–Crippen MR) is 55.6 cm³/mol. The van der Waals surface area contributed by atoms with E-state index in [0.717, 1.165) is 12.6 Å². The van der Waals surface area contributed by atoms with E-state index in [-0.39, 0.29) is 0 Å². The van der Waals surface area contributed by atoms with E-state index in [1.54, 1.807) is 0 Å². The third kappa shape index (κ3) is 4.73. The first kappa shape index (κ1) is 11.9. The van der Waals surface area contributed by atoms with Gasteiger partial charge in [-0.25, -0.2) is 0 Å². The molecule has 0 aromatic carbocycles. The Morgan fingerprint density at radius 3 is 2.08 bits per heavy atom. The fraction of sp³-hybridized carbons (Fsp3) is 1.00. The van der Waals surface area contributed by atoms with Gasteiger partial charge in [0.1, 0.15) is 0 Å². The molecule has 1 atom stereocenters. The molecule has 0 aliphatic rings. The average molecular weight is 172 g/mol. The first-order valence-corrected chi connectivity index (χ1v) is 5.00. The standard InChI is InChI=1S/C10H24N2/c1-6-10(3)12(5)9-8-11(4)7-2/h10H,6-9H2,1-5H3. The molecule has 0 amide bonds. The summed E-state index contributed by atoms with van der Waals surface area (Å²) in [5.41, 5.74) is 0. The van der Waals surface area contributed by atoms with Crippen LogP contribution in [-0.2, 0) is 0 Å². The molecular weight excluding hydrogens is 148 g/mol. The summed E-state index contributed by atoms with van der Waals surface area (Å²) in [7, 11) is 4.38. The molecule has 0 heterocycles. The highest BCUT2D eigenvalue weighted by molar-refractivity contribution is 4.62. The van der Waals surface area contributed by atoms with Crippen molar-refractivity contribution in [1.29, 1.82) is 0 Å². The van der Waals surface area contributed by atoms with Crippen molar-refractivity contribution in [2.45, 2.75) is 33.2 Å². The molecule has 0 aromatic rings. The molecule has 0 saturated heterocycles. The average Bonchev–Trinajstić information content (AvgIpc) is 2.11. The van der Waals surface area contributed by atoms with Crippen LogP contribution in [0.4, 0.5) is 0 Å². The van der Waals surface area contributed by atoms with Crippen LogP contribution in [0, 0.1) is 0 Å². The molecule has 0 aliphatic carbocycles. The lowest BCUT2D eigenvalue weighted by molar-refractivity contribution is 0.215. The van der Waals surface area contributed by atoms with Crippen molar-refractivity contribution >= 4 is 0 Å². The summed E-state index contributed by atoms with van der Waals surface area (Å²) in [6, 6.07) is 0.718. The van der Waals surface area contributed by atoms with Crippen molar-refractivity contribution in [3.8, 4) is 0 Å². The molecule has 2 nitrogen and oxygen atoms in total. The summed E-state index contributed by atoms with van der Waals surface area (Å²) >= 11 is 0. The van der Waals surface area contributed by atoms with Gasteiger partial charge in [-0.15, -0.1) is 0 Å². The lowest BCUT2D eigenvalue weighted by atomic mass is 10.2. The fourth-order valence-electron chi connectivity index (χ4n) is 1.02. The Morgan fingerprint density at radius 2 is 1.67 bits per heavy atom. The van der Waals surface area contributed by atoms with Crippen LogP contribution in [0.25, 0.3) is 0 Å². The van der Waals surface area contributed by atoms with Gasteiger partial charge < -0.3 is 9.80 Å². The predicted octanol–water partition coefficient (Wildman–Crippen LogP) is 1.67. The summed E-state index contributed by atoms with van der Waals surface area (Å²) < 4.78 is 0. The van der Waals surface area contributed by atoms with Gasteiger partial charge in [0.05, 0.1) is 0 Å². The van der Waals surface area contributed by atoms with Crippen LogP contribution in [0.2, 0.25) is 0 Å². The van der Waals surface area contributed by atoms with E-state index in [2.05, 4.69) is 44.7 Å². The van der Waals surface area contributed by atoms with E-state index in [1.807, 2.05) is 0 Å². The van der Waals surface area contributed by atoms with Crippen molar-refractivity contribution < 1.29 is 0 Å². The highest BCUT2D eigenvalue weighted by Crippen LogP contribution is 1.99. The molecule has 0 fully saturated rings. The van der Waals surface area contributed by atoms with Crippen LogP contribution in [0.5, 0.6) is 0 Å². The van der Waals surface area contributed by atoms with Crippen LogP contribution in [0.3, 0.4) is 0 Å². The molecular formula is C10H24N2. The quantitative estimate of drug-likeness (QED) is 0.601. The summed E-state index contributed by atoms with van der Waals surface area (Å²) in [5, 5.41) is 0. The molecule has 1 unspecified atom stereocenters. The van der Waals surface area contributed by atoms with Gasteiger partial charge in [0.25, 0.3) is 0 Å². The monoisotopic (exact) mass is 172 g/mol. The highest BCUT2D eigenvalue weighted by Gasteiger charge is 2.06. The minimum absolute atomic E-state index is 0.718. The Labute approximate surface area is 77.5 Å². The first-order valence-electron chi connectivity index (χ1n) is 5.00. The van der Waals surface area contributed by atoms with Crippen molar-refractivity contribution in [2.75, 3.05) is 33.7 Å². The van der Waals surface area contributed by atoms with E-state index in [9.17, 15) is 0 Å². The summed E-state index contributed by atoms with van der Waals surface area (Å²) in [5.74, 6) is 0. The van der Waals surface area contributed by atoms with Crippen LogP contribution >= 0.6 is 0 Å². The van der Waals surface area contributed by atoms with Gasteiger partial charge in [-0.2, -0.15) is 0 Å². The molecule has 0 rings (SSSR count). The largest absolute Gasteiger partial charge is 0.305 e. The van der Waals surface area contributed by atoms with Crippen LogP contribution in [0.15, 0.2) is 0 Å². The summed E-state index contributed by atoms with van der Waals surface area (Å²) in [6.45, 7) is 10.2. The van der Waals surface area contributed by atoms with Gasteiger partial charge >= 0.3 is 0 Å². The lowest BCUT2D eigenvalue weighted by Crippen LogP contribution is -2.35. The smallest absolute Gasteiger partial charge is 0.0109 e. The maximum atomic E-state index is 2.42. The summed E-state index contributed by atoms with van der Waals surface area (Å²) in [6.07, 6.45) is 1.24. The SMILES string of the molecule is CCC(C)N(C)CCN(C)CC. The van der Waals surface area contributed by atoms with Gasteiger partial charge in [0.15, 0.2) is 0 Å². The fourth-order valence-corrected chi connectivity index (χ4v) is 1.02. The van der Waals surface area contributed by atoms with Gasteiger partial charge in [0.2, 0.25) is 0 Å². The first-order chi connectivity index (χ1) is 5.61. The highest BCUT2D eigenvalue weighted by atomic mass is 15.2. The van der Waals surface area contributed by atoms with Gasteiger partial charge in [0, 0.05) is 19.1 Å². The molecule has 0 bridgehead atoms. The number of hydrogen-bond acceptors (Lipinski definition) is 2. The number of rotatable bonds is 6. The van der Waals surface area contributed by atoms with E-state index in [0.29, 0.717) is 0 Å². The normalized spacial score (nSPS) is 14.2. The zero-order chi connectivity index (χ0) is 9.56.